The Morgan fingerprint density at radius 3 is 2.33 bits per heavy atom. The summed E-state index contributed by atoms with van der Waals surface area (Å²) in [5.41, 5.74) is 3.98. The van der Waals surface area contributed by atoms with Gasteiger partial charge in [0.25, 0.3) is 5.91 Å². The molecule has 0 atom stereocenters. The third-order valence-corrected chi connectivity index (χ3v) is 4.18. The maximum absolute atomic E-state index is 11.9. The first-order valence-electron chi connectivity index (χ1n) is 8.83. The lowest BCUT2D eigenvalue weighted by atomic mass is 10.1. The number of aliphatic imine (C=N–C) groups is 1. The van der Waals surface area contributed by atoms with Gasteiger partial charge in [-0.25, -0.2) is 0 Å². The maximum Gasteiger partial charge on any atom is 0.253 e. The van der Waals surface area contributed by atoms with Crippen LogP contribution in [0.1, 0.15) is 27.0 Å². The monoisotopic (exact) mass is 368 g/mol. The van der Waals surface area contributed by atoms with Gasteiger partial charge >= 0.3 is 0 Å². The molecule has 2 rings (SSSR count). The van der Waals surface area contributed by atoms with Gasteiger partial charge in [0, 0.05) is 45.4 Å². The molecule has 0 bridgehead atoms. The van der Waals surface area contributed by atoms with Gasteiger partial charge in [0.2, 0.25) is 0 Å². The summed E-state index contributed by atoms with van der Waals surface area (Å²) in [6.45, 7) is 3.26. The van der Waals surface area contributed by atoms with Crippen LogP contribution in [-0.4, -0.2) is 45.0 Å². The Hall–Kier alpha value is -3.02. The Labute approximate surface area is 161 Å². The number of carbonyl (C=O) groups excluding carboxylic acids is 1. The van der Waals surface area contributed by atoms with Crippen LogP contribution in [0.25, 0.3) is 0 Å². The van der Waals surface area contributed by atoms with Crippen molar-refractivity contribution in [2.75, 3.05) is 28.3 Å². The number of aryl methyl sites for hydroxylation is 1. The van der Waals surface area contributed by atoms with Crippen LogP contribution in [0.4, 0.5) is 0 Å². The lowest BCUT2D eigenvalue weighted by molar-refractivity contribution is 0.0827. The third-order valence-electron chi connectivity index (χ3n) is 4.18. The summed E-state index contributed by atoms with van der Waals surface area (Å²) < 4.78 is 5.44. The summed E-state index contributed by atoms with van der Waals surface area (Å²) in [7, 11) is 6.91. The number of methoxy groups -OCH3 is 1. The first-order valence-corrected chi connectivity index (χ1v) is 8.83. The van der Waals surface area contributed by atoms with Crippen LogP contribution in [0.3, 0.4) is 0 Å². The van der Waals surface area contributed by atoms with Gasteiger partial charge in [-0.1, -0.05) is 24.3 Å². The van der Waals surface area contributed by atoms with Crippen molar-refractivity contribution in [2.45, 2.75) is 20.0 Å². The van der Waals surface area contributed by atoms with Crippen molar-refractivity contribution in [1.29, 1.82) is 0 Å². The largest absolute Gasteiger partial charge is 0.496 e. The van der Waals surface area contributed by atoms with Crippen LogP contribution in [0, 0.1) is 6.92 Å². The van der Waals surface area contributed by atoms with E-state index in [9.17, 15) is 4.79 Å². The van der Waals surface area contributed by atoms with Crippen LogP contribution in [0.2, 0.25) is 0 Å². The van der Waals surface area contributed by atoms with Crippen molar-refractivity contribution < 1.29 is 9.53 Å². The second-order valence-corrected chi connectivity index (χ2v) is 6.49. The summed E-state index contributed by atoms with van der Waals surface area (Å²) in [6.07, 6.45) is 0. The molecule has 0 heterocycles. The molecule has 0 unspecified atom stereocenters. The highest BCUT2D eigenvalue weighted by Crippen LogP contribution is 2.19. The Morgan fingerprint density at radius 1 is 1.07 bits per heavy atom. The van der Waals surface area contributed by atoms with Gasteiger partial charge in [-0.2, -0.15) is 0 Å². The van der Waals surface area contributed by atoms with E-state index in [0.29, 0.717) is 24.6 Å². The zero-order valence-electron chi connectivity index (χ0n) is 16.7. The molecule has 0 aliphatic rings. The van der Waals surface area contributed by atoms with E-state index in [1.54, 1.807) is 33.2 Å². The van der Waals surface area contributed by atoms with Gasteiger partial charge < -0.3 is 20.3 Å². The molecule has 2 N–H and O–H groups in total. The Bertz CT molecular complexity index is 798. The highest BCUT2D eigenvalue weighted by Gasteiger charge is 2.08. The van der Waals surface area contributed by atoms with Gasteiger partial charge in [0.05, 0.1) is 7.11 Å². The van der Waals surface area contributed by atoms with Gasteiger partial charge in [-0.05, 0) is 36.2 Å². The lowest BCUT2D eigenvalue weighted by Crippen LogP contribution is -2.36. The van der Waals surface area contributed by atoms with E-state index < -0.39 is 0 Å². The Kier molecular flexibility index (Phi) is 7.23. The van der Waals surface area contributed by atoms with Crippen LogP contribution in [-0.2, 0) is 13.1 Å². The molecule has 6 heteroatoms. The van der Waals surface area contributed by atoms with Gasteiger partial charge in [-0.3, -0.25) is 9.79 Å². The number of nitrogens with zero attached hydrogens (tertiary/aromatic N) is 2. The molecular weight excluding hydrogens is 340 g/mol. The number of guanidine groups is 1. The minimum Gasteiger partial charge on any atom is -0.496 e. The molecule has 144 valence electrons. The van der Waals surface area contributed by atoms with E-state index in [1.165, 1.54) is 0 Å². The SMILES string of the molecule is CN=C(NCc1ccc(C(=O)N(C)C)cc1)NCc1ccc(C)cc1OC. The van der Waals surface area contributed by atoms with E-state index in [1.807, 2.05) is 37.3 Å². The fourth-order valence-electron chi connectivity index (χ4n) is 2.61. The minimum absolute atomic E-state index is 0.000898. The highest BCUT2D eigenvalue weighted by molar-refractivity contribution is 5.93. The molecule has 0 aliphatic carbocycles. The van der Waals surface area contributed by atoms with Crippen LogP contribution in [0.5, 0.6) is 5.75 Å². The number of benzene rings is 2. The smallest absolute Gasteiger partial charge is 0.253 e. The molecule has 0 aliphatic heterocycles. The van der Waals surface area contributed by atoms with Crippen LogP contribution >= 0.6 is 0 Å². The molecule has 0 radical (unpaired) electrons. The summed E-state index contributed by atoms with van der Waals surface area (Å²) >= 11 is 0. The van der Waals surface area contributed by atoms with Gasteiger partial charge in [0.15, 0.2) is 5.96 Å². The number of hydrogen-bond acceptors (Lipinski definition) is 3. The number of amides is 1. The summed E-state index contributed by atoms with van der Waals surface area (Å²) in [4.78, 5) is 17.8. The van der Waals surface area contributed by atoms with E-state index in [4.69, 9.17) is 4.74 Å². The number of rotatable bonds is 6. The standard InChI is InChI=1S/C21H28N4O2/c1-15-6-9-18(19(12-15)27-5)14-24-21(22-2)23-13-16-7-10-17(11-8-16)20(26)25(3)4/h6-12H,13-14H2,1-5H3,(H2,22,23,24). The topological polar surface area (TPSA) is 66.0 Å². The molecule has 0 spiro atoms. The maximum atomic E-state index is 11.9. The Balaban J connectivity index is 1.91. The Morgan fingerprint density at radius 2 is 1.74 bits per heavy atom. The number of hydrogen-bond donors (Lipinski definition) is 2. The molecule has 6 nitrogen and oxygen atoms in total. The highest BCUT2D eigenvalue weighted by atomic mass is 16.5. The molecule has 0 saturated carbocycles. The number of carbonyl (C=O) groups is 1. The fraction of sp³-hybridized carbons (Fsp3) is 0.333. The van der Waals surface area contributed by atoms with Crippen LogP contribution in [0.15, 0.2) is 47.5 Å². The predicted octanol–water partition coefficient (Wildman–Crippen LogP) is 2.57. The average molecular weight is 368 g/mol. The van der Waals surface area contributed by atoms with Crippen LogP contribution < -0.4 is 15.4 Å². The van der Waals surface area contributed by atoms with E-state index in [0.717, 1.165) is 22.4 Å². The summed E-state index contributed by atoms with van der Waals surface area (Å²) in [5, 5.41) is 6.57. The molecule has 0 saturated heterocycles. The molecule has 1 amide bonds. The van der Waals surface area contributed by atoms with Crippen molar-refractivity contribution in [1.82, 2.24) is 15.5 Å². The third kappa shape index (κ3) is 5.74. The zero-order chi connectivity index (χ0) is 19.8. The van der Waals surface area contributed by atoms with Crippen molar-refractivity contribution in [3.8, 4) is 5.75 Å². The summed E-state index contributed by atoms with van der Waals surface area (Å²) in [5.74, 6) is 1.56. The second kappa shape index (κ2) is 9.62. The van der Waals surface area contributed by atoms with Crippen molar-refractivity contribution >= 4 is 11.9 Å². The van der Waals surface area contributed by atoms with E-state index >= 15 is 0 Å². The molecule has 0 aromatic heterocycles. The zero-order valence-corrected chi connectivity index (χ0v) is 16.7. The average Bonchev–Trinajstić information content (AvgIpc) is 2.68. The quantitative estimate of drug-likeness (QED) is 0.608. The fourth-order valence-corrected chi connectivity index (χ4v) is 2.61. The molecular formula is C21H28N4O2. The second-order valence-electron chi connectivity index (χ2n) is 6.49. The normalized spacial score (nSPS) is 11.1. The van der Waals surface area contributed by atoms with Gasteiger partial charge in [-0.15, -0.1) is 0 Å². The molecule has 0 fully saturated rings. The molecule has 2 aromatic carbocycles. The lowest BCUT2D eigenvalue weighted by Gasteiger charge is -2.15. The van der Waals surface area contributed by atoms with Crippen molar-refractivity contribution in [2.24, 2.45) is 4.99 Å². The number of nitrogens with one attached hydrogen (secondary N) is 2. The van der Waals surface area contributed by atoms with E-state index in [2.05, 4.69) is 27.8 Å². The molecule has 27 heavy (non-hydrogen) atoms. The van der Waals surface area contributed by atoms with Crippen molar-refractivity contribution in [3.05, 3.63) is 64.7 Å². The molecule has 2 aromatic rings. The van der Waals surface area contributed by atoms with Gasteiger partial charge in [0.1, 0.15) is 5.75 Å². The van der Waals surface area contributed by atoms with Crippen molar-refractivity contribution in [3.63, 3.8) is 0 Å². The summed E-state index contributed by atoms with van der Waals surface area (Å²) in [6, 6.07) is 13.7. The first kappa shape index (κ1) is 20.3. The predicted molar refractivity (Wildman–Crippen MR) is 109 cm³/mol. The minimum atomic E-state index is -0.000898. The first-order chi connectivity index (χ1) is 12.9. The van der Waals surface area contributed by atoms with E-state index in [-0.39, 0.29) is 5.91 Å². The number of ether oxygens (including phenoxy) is 1.